The van der Waals surface area contributed by atoms with E-state index in [9.17, 15) is 4.79 Å². The number of ether oxygens (including phenoxy) is 1. The highest BCUT2D eigenvalue weighted by Gasteiger charge is 2.40. The predicted octanol–water partition coefficient (Wildman–Crippen LogP) is 2.48. The first-order chi connectivity index (χ1) is 7.40. The lowest BCUT2D eigenvalue weighted by molar-refractivity contribution is -0.108. The second-order valence-electron chi connectivity index (χ2n) is 3.73. The van der Waals surface area contributed by atoms with E-state index in [1.54, 1.807) is 0 Å². The molecule has 3 rings (SSSR count). The van der Waals surface area contributed by atoms with Crippen LogP contribution in [0, 0.1) is 0 Å². The Bertz CT molecular complexity index is 513. The summed E-state index contributed by atoms with van der Waals surface area (Å²) >= 11 is 0. The van der Waals surface area contributed by atoms with Crippen LogP contribution in [0.2, 0.25) is 0 Å². The molecule has 0 unspecified atom stereocenters. The molecule has 0 N–H and O–H groups in total. The maximum absolute atomic E-state index is 10.6. The van der Waals surface area contributed by atoms with Gasteiger partial charge in [0, 0.05) is 0 Å². The number of carbonyl (C=O) groups excluding carboxylic acids is 1. The standard InChI is InChI=1S/C13H10O2/c14-8-12-13(15-12)11-7-3-5-9-4-1-2-6-10(9)11/h1-8,12-13H/t12-,13-/m0/s1. The van der Waals surface area contributed by atoms with E-state index in [4.69, 9.17) is 4.74 Å². The minimum atomic E-state index is -0.240. The third kappa shape index (κ3) is 1.34. The van der Waals surface area contributed by atoms with Gasteiger partial charge in [0.2, 0.25) is 0 Å². The molecule has 74 valence electrons. The highest BCUT2D eigenvalue weighted by molar-refractivity contribution is 5.87. The van der Waals surface area contributed by atoms with Crippen molar-refractivity contribution >= 4 is 17.1 Å². The fourth-order valence-corrected chi connectivity index (χ4v) is 1.98. The van der Waals surface area contributed by atoms with Gasteiger partial charge in [-0.25, -0.2) is 0 Å². The lowest BCUT2D eigenvalue weighted by Gasteiger charge is -2.02. The topological polar surface area (TPSA) is 29.6 Å². The van der Waals surface area contributed by atoms with Crippen molar-refractivity contribution in [3.8, 4) is 0 Å². The van der Waals surface area contributed by atoms with Crippen LogP contribution in [0.4, 0.5) is 0 Å². The molecule has 2 heteroatoms. The van der Waals surface area contributed by atoms with Gasteiger partial charge >= 0.3 is 0 Å². The first-order valence-electron chi connectivity index (χ1n) is 4.98. The summed E-state index contributed by atoms with van der Waals surface area (Å²) in [7, 11) is 0. The molecule has 0 radical (unpaired) electrons. The second-order valence-corrected chi connectivity index (χ2v) is 3.73. The Morgan fingerprint density at radius 2 is 1.87 bits per heavy atom. The third-order valence-electron chi connectivity index (χ3n) is 2.79. The van der Waals surface area contributed by atoms with Crippen LogP contribution in [0.25, 0.3) is 10.8 Å². The fourth-order valence-electron chi connectivity index (χ4n) is 1.98. The molecule has 2 aromatic rings. The van der Waals surface area contributed by atoms with Gasteiger partial charge in [0.25, 0.3) is 0 Å². The van der Waals surface area contributed by atoms with Crippen LogP contribution in [0.1, 0.15) is 11.7 Å². The van der Waals surface area contributed by atoms with Gasteiger partial charge in [-0.05, 0) is 16.3 Å². The summed E-state index contributed by atoms with van der Waals surface area (Å²) in [5, 5.41) is 2.37. The van der Waals surface area contributed by atoms with Crippen molar-refractivity contribution in [1.82, 2.24) is 0 Å². The molecule has 0 spiro atoms. The Morgan fingerprint density at radius 1 is 1.07 bits per heavy atom. The van der Waals surface area contributed by atoms with Crippen LogP contribution in [0.5, 0.6) is 0 Å². The zero-order chi connectivity index (χ0) is 10.3. The summed E-state index contributed by atoms with van der Waals surface area (Å²) in [6.07, 6.45) is 0.594. The van der Waals surface area contributed by atoms with E-state index in [1.807, 2.05) is 24.3 Å². The van der Waals surface area contributed by atoms with Crippen molar-refractivity contribution in [2.45, 2.75) is 12.2 Å². The molecule has 2 aromatic carbocycles. The Balaban J connectivity index is 2.15. The maximum Gasteiger partial charge on any atom is 0.151 e. The van der Waals surface area contributed by atoms with Gasteiger partial charge < -0.3 is 9.53 Å². The van der Waals surface area contributed by atoms with Crippen molar-refractivity contribution in [2.75, 3.05) is 0 Å². The highest BCUT2D eigenvalue weighted by Crippen LogP contribution is 2.40. The Hall–Kier alpha value is -1.67. The van der Waals surface area contributed by atoms with E-state index >= 15 is 0 Å². The van der Waals surface area contributed by atoms with Gasteiger partial charge in [0.15, 0.2) is 6.29 Å². The third-order valence-corrected chi connectivity index (χ3v) is 2.79. The largest absolute Gasteiger partial charge is 0.356 e. The van der Waals surface area contributed by atoms with E-state index in [1.165, 1.54) is 10.8 Å². The van der Waals surface area contributed by atoms with Crippen LogP contribution < -0.4 is 0 Å². The van der Waals surface area contributed by atoms with Gasteiger partial charge in [-0.2, -0.15) is 0 Å². The van der Waals surface area contributed by atoms with Crippen molar-refractivity contribution in [2.24, 2.45) is 0 Å². The molecular weight excluding hydrogens is 188 g/mol. The van der Waals surface area contributed by atoms with Crippen LogP contribution in [-0.2, 0) is 9.53 Å². The van der Waals surface area contributed by atoms with Crippen LogP contribution >= 0.6 is 0 Å². The molecule has 1 saturated heterocycles. The van der Waals surface area contributed by atoms with Gasteiger partial charge in [0.05, 0.1) is 0 Å². The minimum absolute atomic E-state index is 0.0337. The average molecular weight is 198 g/mol. The molecule has 2 nitrogen and oxygen atoms in total. The first kappa shape index (κ1) is 8.62. The zero-order valence-corrected chi connectivity index (χ0v) is 8.09. The summed E-state index contributed by atoms with van der Waals surface area (Å²) in [5.41, 5.74) is 1.12. The number of fused-ring (bicyclic) bond motifs is 1. The van der Waals surface area contributed by atoms with E-state index in [-0.39, 0.29) is 12.2 Å². The number of rotatable bonds is 2. The van der Waals surface area contributed by atoms with Crippen molar-refractivity contribution < 1.29 is 9.53 Å². The second kappa shape index (κ2) is 3.17. The lowest BCUT2D eigenvalue weighted by Crippen LogP contribution is -1.90. The summed E-state index contributed by atoms with van der Waals surface area (Å²) in [4.78, 5) is 10.6. The number of aldehydes is 1. The fraction of sp³-hybridized carbons (Fsp3) is 0.154. The smallest absolute Gasteiger partial charge is 0.151 e. The number of hydrogen-bond acceptors (Lipinski definition) is 2. The Morgan fingerprint density at radius 3 is 2.67 bits per heavy atom. The van der Waals surface area contributed by atoms with Crippen LogP contribution in [0.15, 0.2) is 42.5 Å². The molecule has 0 amide bonds. The monoisotopic (exact) mass is 198 g/mol. The molecule has 15 heavy (non-hydrogen) atoms. The van der Waals surface area contributed by atoms with E-state index in [0.29, 0.717) is 0 Å². The SMILES string of the molecule is O=C[C@@H]1O[C@H]1c1cccc2ccccc12. The molecular formula is C13H10O2. The van der Waals surface area contributed by atoms with Crippen LogP contribution in [0.3, 0.4) is 0 Å². The molecule has 0 saturated carbocycles. The van der Waals surface area contributed by atoms with E-state index in [0.717, 1.165) is 11.8 Å². The summed E-state index contributed by atoms with van der Waals surface area (Å²) in [6.45, 7) is 0. The summed E-state index contributed by atoms with van der Waals surface area (Å²) in [5.74, 6) is 0. The van der Waals surface area contributed by atoms with Crippen LogP contribution in [-0.4, -0.2) is 12.4 Å². The molecule has 0 bridgehead atoms. The average Bonchev–Trinajstić information content (AvgIpc) is 3.07. The number of carbonyl (C=O) groups is 1. The van der Waals surface area contributed by atoms with Crippen molar-refractivity contribution in [3.05, 3.63) is 48.0 Å². The first-order valence-corrected chi connectivity index (χ1v) is 4.98. The van der Waals surface area contributed by atoms with E-state index < -0.39 is 0 Å². The Kier molecular flexibility index (Phi) is 1.82. The zero-order valence-electron chi connectivity index (χ0n) is 8.09. The number of hydrogen-bond donors (Lipinski definition) is 0. The van der Waals surface area contributed by atoms with Crippen molar-refractivity contribution in [1.29, 1.82) is 0 Å². The summed E-state index contributed by atoms with van der Waals surface area (Å²) in [6, 6.07) is 14.2. The van der Waals surface area contributed by atoms with Gasteiger partial charge in [-0.1, -0.05) is 42.5 Å². The Labute approximate surface area is 87.5 Å². The lowest BCUT2D eigenvalue weighted by atomic mass is 10.0. The highest BCUT2D eigenvalue weighted by atomic mass is 16.6. The molecule has 1 aliphatic heterocycles. The molecule has 1 fully saturated rings. The molecule has 0 aromatic heterocycles. The molecule has 1 aliphatic rings. The normalized spacial score (nSPS) is 24.0. The van der Waals surface area contributed by atoms with E-state index in [2.05, 4.69) is 18.2 Å². The predicted molar refractivity (Wildman–Crippen MR) is 57.6 cm³/mol. The molecule has 1 heterocycles. The molecule has 2 atom stereocenters. The van der Waals surface area contributed by atoms with Gasteiger partial charge in [-0.3, -0.25) is 0 Å². The van der Waals surface area contributed by atoms with Gasteiger partial charge in [0.1, 0.15) is 12.2 Å². The molecule has 0 aliphatic carbocycles. The number of benzene rings is 2. The number of epoxide rings is 1. The maximum atomic E-state index is 10.6. The summed E-state index contributed by atoms with van der Waals surface area (Å²) < 4.78 is 5.29. The minimum Gasteiger partial charge on any atom is -0.356 e. The van der Waals surface area contributed by atoms with Crippen molar-refractivity contribution in [3.63, 3.8) is 0 Å². The quantitative estimate of drug-likeness (QED) is 0.548. The van der Waals surface area contributed by atoms with Gasteiger partial charge in [-0.15, -0.1) is 0 Å².